The second kappa shape index (κ2) is 10.5. The molecule has 0 spiro atoms. The number of aliphatic imine (C=N–C) groups is 1. The van der Waals surface area contributed by atoms with Crippen LogP contribution in [0.3, 0.4) is 0 Å². The van der Waals surface area contributed by atoms with Crippen LogP contribution in [0.2, 0.25) is 0 Å². The molecule has 0 bridgehead atoms. The summed E-state index contributed by atoms with van der Waals surface area (Å²) in [5.74, 6) is 0.209. The molecule has 2 rings (SSSR count). The van der Waals surface area contributed by atoms with E-state index in [1.54, 1.807) is 0 Å². The smallest absolute Gasteiger partial charge is 0.407 e. The molecule has 1 aromatic heterocycles. The molecular formula is C15H20ClN5O3S. The van der Waals surface area contributed by atoms with E-state index < -0.39 is 6.09 Å². The number of nitrogens with zero attached hydrogens (tertiary/aromatic N) is 2. The van der Waals surface area contributed by atoms with Crippen LogP contribution >= 0.6 is 23.7 Å². The highest BCUT2D eigenvalue weighted by atomic mass is 35.5. The third kappa shape index (κ3) is 6.57. The molecule has 1 aromatic carbocycles. The van der Waals surface area contributed by atoms with Gasteiger partial charge in [0.1, 0.15) is 0 Å². The number of hydrogen-bond acceptors (Lipinski definition) is 6. The van der Waals surface area contributed by atoms with E-state index >= 15 is 0 Å². The largest absolute Gasteiger partial charge is 0.453 e. The van der Waals surface area contributed by atoms with Gasteiger partial charge in [-0.3, -0.25) is 4.99 Å². The Hall–Kier alpha value is -2.36. The van der Waals surface area contributed by atoms with Crippen molar-refractivity contribution in [3.63, 3.8) is 0 Å². The third-order valence-electron chi connectivity index (χ3n) is 2.97. The van der Waals surface area contributed by atoms with Gasteiger partial charge in [0.05, 0.1) is 26.0 Å². The first-order valence-corrected chi connectivity index (χ1v) is 8.05. The number of amides is 1. The number of guanidine groups is 1. The number of ether oxygens (including phenoxy) is 1. The van der Waals surface area contributed by atoms with Crippen molar-refractivity contribution in [1.82, 2.24) is 10.3 Å². The molecule has 0 unspecified atom stereocenters. The molecule has 1 amide bonds. The highest BCUT2D eigenvalue weighted by Crippen LogP contribution is 2.25. The summed E-state index contributed by atoms with van der Waals surface area (Å²) in [6, 6.07) is 7.68. The Morgan fingerprint density at radius 2 is 2.28 bits per heavy atom. The van der Waals surface area contributed by atoms with Crippen molar-refractivity contribution in [1.29, 1.82) is 0 Å². The maximum absolute atomic E-state index is 11.1. The summed E-state index contributed by atoms with van der Waals surface area (Å²) in [6.45, 7) is 0.556. The van der Waals surface area contributed by atoms with Gasteiger partial charge < -0.3 is 26.2 Å². The number of alkyl carbamates (subject to hydrolysis) is 1. The first-order chi connectivity index (χ1) is 11.6. The van der Waals surface area contributed by atoms with Crippen molar-refractivity contribution in [2.24, 2.45) is 10.7 Å². The molecule has 0 saturated heterocycles. The summed E-state index contributed by atoms with van der Waals surface area (Å²) in [7, 11) is 1.32. The SMILES string of the molecule is COC(=O)NCc1cccc(-c2csc(NC(N)=NCCO)n2)c1.Cl. The minimum atomic E-state index is -0.474. The number of benzene rings is 1. The normalized spacial score (nSPS) is 10.7. The number of nitrogens with one attached hydrogen (secondary N) is 2. The standard InChI is InChI=1S/C15H19N5O3S.ClH/c1-23-15(22)18-8-10-3-2-4-11(7-10)12-9-24-14(19-12)20-13(16)17-5-6-21;/h2-4,7,9,21H,5-6,8H2,1H3,(H,18,22)(H3,16,17,19,20);1H. The molecule has 10 heteroatoms. The maximum atomic E-state index is 11.1. The van der Waals surface area contributed by atoms with E-state index in [9.17, 15) is 4.79 Å². The molecule has 5 N–H and O–H groups in total. The fourth-order valence-corrected chi connectivity index (χ4v) is 2.60. The Morgan fingerprint density at radius 1 is 1.48 bits per heavy atom. The molecule has 2 aromatic rings. The van der Waals surface area contributed by atoms with Gasteiger partial charge in [-0.2, -0.15) is 0 Å². The number of thiazole rings is 1. The first-order valence-electron chi connectivity index (χ1n) is 7.17. The van der Waals surface area contributed by atoms with Crippen molar-refractivity contribution in [3.05, 3.63) is 35.2 Å². The Balaban J connectivity index is 0.00000312. The van der Waals surface area contributed by atoms with E-state index in [-0.39, 0.29) is 31.5 Å². The molecular weight excluding hydrogens is 366 g/mol. The molecule has 0 aliphatic carbocycles. The molecule has 0 fully saturated rings. The van der Waals surface area contributed by atoms with Crippen LogP contribution in [0, 0.1) is 0 Å². The van der Waals surface area contributed by atoms with Crippen molar-refractivity contribution >= 4 is 40.9 Å². The quantitative estimate of drug-likeness (QED) is 0.444. The zero-order valence-corrected chi connectivity index (χ0v) is 15.2. The monoisotopic (exact) mass is 385 g/mol. The first kappa shape index (κ1) is 20.7. The molecule has 0 aliphatic rings. The third-order valence-corrected chi connectivity index (χ3v) is 3.72. The fraction of sp³-hybridized carbons (Fsp3) is 0.267. The summed E-state index contributed by atoms with van der Waals surface area (Å²) in [5, 5.41) is 16.7. The van der Waals surface area contributed by atoms with Gasteiger partial charge in [0.25, 0.3) is 0 Å². The number of aliphatic hydroxyl groups excluding tert-OH is 1. The maximum Gasteiger partial charge on any atom is 0.407 e. The lowest BCUT2D eigenvalue weighted by atomic mass is 10.1. The average Bonchev–Trinajstić information content (AvgIpc) is 3.06. The fourth-order valence-electron chi connectivity index (χ4n) is 1.87. The number of halogens is 1. The number of anilines is 1. The predicted molar refractivity (Wildman–Crippen MR) is 101 cm³/mol. The van der Waals surface area contributed by atoms with Crippen LogP contribution in [0.1, 0.15) is 5.56 Å². The zero-order chi connectivity index (χ0) is 17.4. The van der Waals surface area contributed by atoms with Crippen LogP contribution in [-0.2, 0) is 11.3 Å². The Morgan fingerprint density at radius 3 is 3.00 bits per heavy atom. The van der Waals surface area contributed by atoms with Gasteiger partial charge in [-0.1, -0.05) is 18.2 Å². The molecule has 8 nitrogen and oxygen atoms in total. The van der Waals surface area contributed by atoms with Gasteiger partial charge >= 0.3 is 6.09 Å². The van der Waals surface area contributed by atoms with Crippen molar-refractivity contribution < 1.29 is 14.6 Å². The predicted octanol–water partition coefficient (Wildman–Crippen LogP) is 1.81. The number of carbonyl (C=O) groups is 1. The second-order valence-corrected chi connectivity index (χ2v) is 5.56. The van der Waals surface area contributed by atoms with Gasteiger partial charge in [-0.25, -0.2) is 9.78 Å². The minimum Gasteiger partial charge on any atom is -0.453 e. The van der Waals surface area contributed by atoms with Crippen LogP contribution in [-0.4, -0.2) is 42.4 Å². The summed E-state index contributed by atoms with van der Waals surface area (Å²) >= 11 is 1.40. The number of methoxy groups -OCH3 is 1. The molecule has 0 aliphatic heterocycles. The number of aliphatic hydroxyl groups is 1. The number of rotatable bonds is 6. The van der Waals surface area contributed by atoms with Crippen molar-refractivity contribution in [3.8, 4) is 11.3 Å². The van der Waals surface area contributed by atoms with Gasteiger partial charge in [0.15, 0.2) is 11.1 Å². The number of hydrogen-bond donors (Lipinski definition) is 4. The number of carbonyl (C=O) groups excluding carboxylic acids is 1. The lowest BCUT2D eigenvalue weighted by Gasteiger charge is -2.05. The van der Waals surface area contributed by atoms with Crippen molar-refractivity contribution in [2.75, 3.05) is 25.6 Å². The number of nitrogens with two attached hydrogens (primary N) is 1. The topological polar surface area (TPSA) is 122 Å². The summed E-state index contributed by atoms with van der Waals surface area (Å²) in [4.78, 5) is 19.5. The second-order valence-electron chi connectivity index (χ2n) is 4.70. The van der Waals surface area contributed by atoms with E-state index in [4.69, 9.17) is 10.8 Å². The van der Waals surface area contributed by atoms with E-state index in [2.05, 4.69) is 25.3 Å². The van der Waals surface area contributed by atoms with Crippen LogP contribution in [0.15, 0.2) is 34.6 Å². The zero-order valence-electron chi connectivity index (χ0n) is 13.6. The van der Waals surface area contributed by atoms with E-state index in [1.807, 2.05) is 29.6 Å². The molecule has 1 heterocycles. The van der Waals surface area contributed by atoms with Crippen molar-refractivity contribution in [2.45, 2.75) is 6.54 Å². The van der Waals surface area contributed by atoms with Gasteiger partial charge in [0, 0.05) is 17.5 Å². The molecule has 136 valence electrons. The van der Waals surface area contributed by atoms with Gasteiger partial charge in [0.2, 0.25) is 0 Å². The summed E-state index contributed by atoms with van der Waals surface area (Å²) in [6.07, 6.45) is -0.474. The lowest BCUT2D eigenvalue weighted by molar-refractivity contribution is 0.170. The van der Waals surface area contributed by atoms with Gasteiger partial charge in [-0.15, -0.1) is 23.7 Å². The van der Waals surface area contributed by atoms with Crippen LogP contribution in [0.25, 0.3) is 11.3 Å². The summed E-state index contributed by atoms with van der Waals surface area (Å²) in [5.41, 5.74) is 8.34. The van der Waals surface area contributed by atoms with E-state index in [1.165, 1.54) is 18.4 Å². The Bertz CT molecular complexity index is 723. The van der Waals surface area contributed by atoms with E-state index in [0.29, 0.717) is 11.7 Å². The van der Waals surface area contributed by atoms with Crippen LogP contribution < -0.4 is 16.4 Å². The molecule has 0 radical (unpaired) electrons. The highest BCUT2D eigenvalue weighted by molar-refractivity contribution is 7.14. The van der Waals surface area contributed by atoms with Crippen LogP contribution in [0.5, 0.6) is 0 Å². The van der Waals surface area contributed by atoms with Crippen LogP contribution in [0.4, 0.5) is 9.93 Å². The minimum absolute atomic E-state index is 0. The van der Waals surface area contributed by atoms with Gasteiger partial charge in [-0.05, 0) is 11.6 Å². The highest BCUT2D eigenvalue weighted by Gasteiger charge is 2.07. The molecule has 0 saturated carbocycles. The molecule has 0 atom stereocenters. The van der Waals surface area contributed by atoms with E-state index in [0.717, 1.165) is 16.8 Å². The summed E-state index contributed by atoms with van der Waals surface area (Å²) < 4.78 is 4.55. The average molecular weight is 386 g/mol. The lowest BCUT2D eigenvalue weighted by Crippen LogP contribution is -2.23. The Labute approximate surface area is 155 Å². The number of aromatic nitrogens is 1. The Kier molecular flexibility index (Phi) is 8.68. The molecule has 25 heavy (non-hydrogen) atoms.